The van der Waals surface area contributed by atoms with E-state index in [0.717, 1.165) is 5.69 Å². The molecule has 1 aromatic carbocycles. The number of pyridine rings is 1. The maximum Gasteiger partial charge on any atom is 0.265 e. The van der Waals surface area contributed by atoms with Crippen molar-refractivity contribution in [1.29, 1.82) is 0 Å². The van der Waals surface area contributed by atoms with Crippen molar-refractivity contribution in [2.75, 3.05) is 6.61 Å². The van der Waals surface area contributed by atoms with E-state index < -0.39 is 6.10 Å². The molecule has 1 aromatic heterocycles. The quantitative estimate of drug-likeness (QED) is 0.937. The van der Waals surface area contributed by atoms with E-state index in [-0.39, 0.29) is 18.6 Å². The summed E-state index contributed by atoms with van der Waals surface area (Å²) in [7, 11) is 0. The van der Waals surface area contributed by atoms with Crippen molar-refractivity contribution in [1.82, 2.24) is 10.3 Å². The molecule has 3 rings (SSSR count). The second-order valence-corrected chi connectivity index (χ2v) is 4.85. The van der Waals surface area contributed by atoms with Gasteiger partial charge < -0.3 is 14.8 Å². The Hall–Kier alpha value is -2.56. The number of nitrogens with one attached hydrogen (secondary N) is 1. The van der Waals surface area contributed by atoms with Gasteiger partial charge in [0.2, 0.25) is 6.10 Å². The largest absolute Gasteiger partial charge is 0.485 e. The van der Waals surface area contributed by atoms with Crippen LogP contribution < -0.4 is 14.8 Å². The van der Waals surface area contributed by atoms with Crippen LogP contribution in [0.25, 0.3) is 0 Å². The molecule has 1 amide bonds. The molecule has 0 spiro atoms. The maximum absolute atomic E-state index is 12.2. The highest BCUT2D eigenvalue weighted by Gasteiger charge is 2.28. The number of rotatable bonds is 3. The topological polar surface area (TPSA) is 60.5 Å². The second-order valence-electron chi connectivity index (χ2n) is 4.85. The molecule has 5 heteroatoms. The Morgan fingerprint density at radius 2 is 2.00 bits per heavy atom. The predicted molar refractivity (Wildman–Crippen MR) is 77.1 cm³/mol. The summed E-state index contributed by atoms with van der Waals surface area (Å²) in [6, 6.07) is 12.7. The molecule has 2 atom stereocenters. The minimum Gasteiger partial charge on any atom is -0.485 e. The van der Waals surface area contributed by atoms with Gasteiger partial charge in [-0.3, -0.25) is 9.78 Å². The van der Waals surface area contributed by atoms with Crippen molar-refractivity contribution in [3.63, 3.8) is 0 Å². The van der Waals surface area contributed by atoms with Gasteiger partial charge in [0, 0.05) is 6.20 Å². The number of carbonyl (C=O) groups is 1. The average molecular weight is 284 g/mol. The summed E-state index contributed by atoms with van der Waals surface area (Å²) in [5.74, 6) is 1.05. The molecule has 5 nitrogen and oxygen atoms in total. The summed E-state index contributed by atoms with van der Waals surface area (Å²) >= 11 is 0. The molecule has 1 aliphatic heterocycles. The molecular weight excluding hydrogens is 268 g/mol. The first-order valence-electron chi connectivity index (χ1n) is 6.84. The van der Waals surface area contributed by atoms with Gasteiger partial charge in [-0.05, 0) is 31.2 Å². The lowest BCUT2D eigenvalue weighted by atomic mass is 10.2. The molecule has 0 saturated carbocycles. The number of ether oxygens (including phenoxy) is 2. The monoisotopic (exact) mass is 284 g/mol. The number of hydrogen-bond donors (Lipinski definition) is 1. The standard InChI is InChI=1S/C16H16N2O3/c1-11(12-6-4-5-9-17-12)18-16(19)15-10-20-13-7-2-3-8-14(13)21-15/h2-9,11,15H,10H2,1H3,(H,18,19)/t11-,15-/m1/s1. The molecule has 108 valence electrons. The van der Waals surface area contributed by atoms with E-state index in [1.54, 1.807) is 12.3 Å². The molecule has 0 radical (unpaired) electrons. The number of aromatic nitrogens is 1. The first kappa shape index (κ1) is 13.4. The number of hydrogen-bond acceptors (Lipinski definition) is 4. The van der Waals surface area contributed by atoms with Crippen molar-refractivity contribution in [2.45, 2.75) is 19.1 Å². The van der Waals surface area contributed by atoms with Crippen molar-refractivity contribution in [3.05, 3.63) is 54.4 Å². The normalized spacial score (nSPS) is 17.9. The third-order valence-corrected chi connectivity index (χ3v) is 3.29. The van der Waals surface area contributed by atoms with E-state index in [1.165, 1.54) is 0 Å². The zero-order valence-corrected chi connectivity index (χ0v) is 11.7. The SMILES string of the molecule is C[C@@H](NC(=O)[C@H]1COc2ccccc2O1)c1ccccn1. The lowest BCUT2D eigenvalue weighted by Crippen LogP contribution is -2.44. The molecule has 0 saturated heterocycles. The van der Waals surface area contributed by atoms with Crippen LogP contribution in [0.2, 0.25) is 0 Å². The number of nitrogens with zero attached hydrogens (tertiary/aromatic N) is 1. The third-order valence-electron chi connectivity index (χ3n) is 3.29. The summed E-state index contributed by atoms with van der Waals surface area (Å²) in [6.07, 6.45) is 1.06. The van der Waals surface area contributed by atoms with Crippen molar-refractivity contribution >= 4 is 5.91 Å². The van der Waals surface area contributed by atoms with Crippen LogP contribution in [0, 0.1) is 0 Å². The zero-order chi connectivity index (χ0) is 14.7. The summed E-state index contributed by atoms with van der Waals surface area (Å²) in [5.41, 5.74) is 0.808. The minimum absolute atomic E-state index is 0.181. The first-order valence-corrected chi connectivity index (χ1v) is 6.84. The van der Waals surface area contributed by atoms with Gasteiger partial charge >= 0.3 is 0 Å². The molecule has 0 unspecified atom stereocenters. The van der Waals surface area contributed by atoms with Crippen LogP contribution in [0.5, 0.6) is 11.5 Å². The van der Waals surface area contributed by atoms with E-state index in [4.69, 9.17) is 9.47 Å². The highest BCUT2D eigenvalue weighted by Crippen LogP contribution is 2.30. The smallest absolute Gasteiger partial charge is 0.265 e. The molecule has 0 aliphatic carbocycles. The van der Waals surface area contributed by atoms with Crippen LogP contribution in [0.4, 0.5) is 0 Å². The molecule has 1 aliphatic rings. The number of para-hydroxylation sites is 2. The highest BCUT2D eigenvalue weighted by atomic mass is 16.6. The lowest BCUT2D eigenvalue weighted by Gasteiger charge is -2.26. The fourth-order valence-corrected chi connectivity index (χ4v) is 2.16. The van der Waals surface area contributed by atoms with Crippen LogP contribution in [0.15, 0.2) is 48.7 Å². The molecule has 21 heavy (non-hydrogen) atoms. The van der Waals surface area contributed by atoms with E-state index in [9.17, 15) is 4.79 Å². The van der Waals surface area contributed by atoms with Gasteiger partial charge in [0.15, 0.2) is 11.5 Å². The summed E-state index contributed by atoms with van der Waals surface area (Å²) < 4.78 is 11.2. The predicted octanol–water partition coefficient (Wildman–Crippen LogP) is 2.10. The van der Waals surface area contributed by atoms with E-state index in [1.807, 2.05) is 43.3 Å². The highest BCUT2D eigenvalue weighted by molar-refractivity contribution is 5.82. The fraction of sp³-hybridized carbons (Fsp3) is 0.250. The van der Waals surface area contributed by atoms with Crippen LogP contribution in [-0.2, 0) is 4.79 Å². The zero-order valence-electron chi connectivity index (χ0n) is 11.7. The Kier molecular flexibility index (Phi) is 3.73. The minimum atomic E-state index is -0.647. The van der Waals surface area contributed by atoms with Gasteiger partial charge in [0.1, 0.15) is 6.61 Å². The molecule has 0 fully saturated rings. The first-order chi connectivity index (χ1) is 10.2. The molecule has 2 heterocycles. The van der Waals surface area contributed by atoms with Crippen LogP contribution in [0.3, 0.4) is 0 Å². The molecule has 2 aromatic rings. The van der Waals surface area contributed by atoms with Crippen molar-refractivity contribution in [3.8, 4) is 11.5 Å². The number of benzene rings is 1. The van der Waals surface area contributed by atoms with E-state index in [0.29, 0.717) is 11.5 Å². The van der Waals surface area contributed by atoms with Crippen molar-refractivity contribution < 1.29 is 14.3 Å². The van der Waals surface area contributed by atoms with E-state index in [2.05, 4.69) is 10.3 Å². The lowest BCUT2D eigenvalue weighted by molar-refractivity contribution is -0.131. The van der Waals surface area contributed by atoms with Gasteiger partial charge in [-0.15, -0.1) is 0 Å². The summed E-state index contributed by atoms with van der Waals surface area (Å²) in [4.78, 5) is 16.5. The fourth-order valence-electron chi connectivity index (χ4n) is 2.16. The van der Waals surface area contributed by atoms with Gasteiger partial charge in [-0.25, -0.2) is 0 Å². The Labute approximate surface area is 122 Å². The van der Waals surface area contributed by atoms with Gasteiger partial charge in [0.25, 0.3) is 5.91 Å². The molecule has 1 N–H and O–H groups in total. The Morgan fingerprint density at radius 3 is 2.76 bits per heavy atom. The summed E-state index contributed by atoms with van der Waals surface area (Å²) in [5, 5.41) is 2.89. The number of fused-ring (bicyclic) bond motifs is 1. The van der Waals surface area contributed by atoms with Crippen LogP contribution >= 0.6 is 0 Å². The average Bonchev–Trinajstić information content (AvgIpc) is 2.55. The molecule has 0 bridgehead atoms. The Balaban J connectivity index is 1.65. The number of amides is 1. The maximum atomic E-state index is 12.2. The Morgan fingerprint density at radius 1 is 1.24 bits per heavy atom. The second kappa shape index (κ2) is 5.83. The Bertz CT molecular complexity index is 630. The van der Waals surface area contributed by atoms with Gasteiger partial charge in [-0.2, -0.15) is 0 Å². The van der Waals surface area contributed by atoms with Gasteiger partial charge in [0.05, 0.1) is 11.7 Å². The van der Waals surface area contributed by atoms with Crippen LogP contribution in [-0.4, -0.2) is 23.6 Å². The van der Waals surface area contributed by atoms with Gasteiger partial charge in [-0.1, -0.05) is 18.2 Å². The van der Waals surface area contributed by atoms with E-state index >= 15 is 0 Å². The number of carbonyl (C=O) groups excluding carboxylic acids is 1. The molecular formula is C16H16N2O3. The third kappa shape index (κ3) is 2.97. The van der Waals surface area contributed by atoms with Crippen LogP contribution in [0.1, 0.15) is 18.7 Å². The summed E-state index contributed by atoms with van der Waals surface area (Å²) in [6.45, 7) is 2.09. The van der Waals surface area contributed by atoms with Crippen molar-refractivity contribution in [2.24, 2.45) is 0 Å².